The fourth-order valence-corrected chi connectivity index (χ4v) is 2.82. The van der Waals surface area contributed by atoms with Crippen molar-refractivity contribution in [1.82, 2.24) is 0 Å². The second-order valence-corrected chi connectivity index (χ2v) is 6.18. The van der Waals surface area contributed by atoms with E-state index < -0.39 is 11.4 Å². The Morgan fingerprint density at radius 1 is 1.17 bits per heavy atom. The van der Waals surface area contributed by atoms with Crippen LogP contribution in [0.1, 0.15) is 36.5 Å². The lowest BCUT2D eigenvalue weighted by atomic mass is 9.79. The van der Waals surface area contributed by atoms with Crippen LogP contribution < -0.4 is 4.74 Å². The summed E-state index contributed by atoms with van der Waals surface area (Å²) in [6, 6.07) is 12.9. The maximum Gasteiger partial charge on any atom is 0.313 e. The molecule has 1 heterocycles. The van der Waals surface area contributed by atoms with Gasteiger partial charge in [0.15, 0.2) is 0 Å². The van der Waals surface area contributed by atoms with E-state index in [0.717, 1.165) is 11.1 Å². The standard InChI is InChI=1S/C19H18O4/c1-19(2,18(21)22)16-11-13(20)10-15-14(8-9-23-17(15)16)12-6-4-3-5-7-12/h3-11,14,20H,1-2H3,(H,21,22). The van der Waals surface area contributed by atoms with Gasteiger partial charge in [-0.25, -0.2) is 0 Å². The molecule has 2 aromatic rings. The quantitative estimate of drug-likeness (QED) is 0.905. The highest BCUT2D eigenvalue weighted by molar-refractivity contribution is 5.82. The van der Waals surface area contributed by atoms with Crippen molar-refractivity contribution in [2.24, 2.45) is 0 Å². The summed E-state index contributed by atoms with van der Waals surface area (Å²) in [6.07, 6.45) is 3.48. The first-order chi connectivity index (χ1) is 10.9. The number of ether oxygens (including phenoxy) is 1. The van der Waals surface area contributed by atoms with Crippen LogP contribution in [0.25, 0.3) is 0 Å². The van der Waals surface area contributed by atoms with Crippen LogP contribution in [-0.2, 0) is 10.2 Å². The zero-order valence-electron chi connectivity index (χ0n) is 13.0. The molecule has 3 rings (SSSR count). The summed E-state index contributed by atoms with van der Waals surface area (Å²) in [5.41, 5.74) is 1.11. The van der Waals surface area contributed by atoms with Gasteiger partial charge in [0.05, 0.1) is 11.7 Å². The van der Waals surface area contributed by atoms with Crippen LogP contribution in [0.2, 0.25) is 0 Å². The van der Waals surface area contributed by atoms with Gasteiger partial charge in [0.25, 0.3) is 0 Å². The predicted molar refractivity (Wildman–Crippen MR) is 86.8 cm³/mol. The molecular formula is C19H18O4. The Morgan fingerprint density at radius 2 is 1.87 bits per heavy atom. The largest absolute Gasteiger partial charge is 0.508 e. The fourth-order valence-electron chi connectivity index (χ4n) is 2.82. The molecule has 0 saturated carbocycles. The van der Waals surface area contributed by atoms with E-state index in [1.54, 1.807) is 26.2 Å². The topological polar surface area (TPSA) is 66.8 Å². The van der Waals surface area contributed by atoms with Gasteiger partial charge in [-0.3, -0.25) is 4.79 Å². The van der Waals surface area contributed by atoms with Crippen LogP contribution in [0.15, 0.2) is 54.8 Å². The SMILES string of the molecule is CC(C)(C(=O)O)c1cc(O)cc2c1OC=CC2c1ccccc1. The molecule has 4 nitrogen and oxygen atoms in total. The smallest absolute Gasteiger partial charge is 0.313 e. The fraction of sp³-hybridized carbons (Fsp3) is 0.211. The summed E-state index contributed by atoms with van der Waals surface area (Å²) in [7, 11) is 0. The number of phenols is 1. The molecule has 4 heteroatoms. The molecule has 1 unspecified atom stereocenters. The highest BCUT2D eigenvalue weighted by atomic mass is 16.5. The van der Waals surface area contributed by atoms with E-state index >= 15 is 0 Å². The number of benzene rings is 2. The molecule has 0 saturated heterocycles. The van der Waals surface area contributed by atoms with E-state index in [-0.39, 0.29) is 11.7 Å². The number of phenolic OH excluding ortho intramolecular Hbond substituents is 1. The zero-order valence-corrected chi connectivity index (χ0v) is 13.0. The van der Waals surface area contributed by atoms with Crippen molar-refractivity contribution in [3.05, 3.63) is 71.5 Å². The number of hydrogen-bond donors (Lipinski definition) is 2. The van der Waals surface area contributed by atoms with Crippen molar-refractivity contribution in [2.75, 3.05) is 0 Å². The Hall–Kier alpha value is -2.75. The number of rotatable bonds is 3. The Kier molecular flexibility index (Phi) is 3.60. The molecule has 2 aromatic carbocycles. The summed E-state index contributed by atoms with van der Waals surface area (Å²) in [5, 5.41) is 19.6. The number of carboxylic acid groups (broad SMARTS) is 1. The molecule has 0 bridgehead atoms. The van der Waals surface area contributed by atoms with Crippen LogP contribution >= 0.6 is 0 Å². The van der Waals surface area contributed by atoms with Crippen LogP contribution in [0.3, 0.4) is 0 Å². The lowest BCUT2D eigenvalue weighted by Crippen LogP contribution is -2.29. The van der Waals surface area contributed by atoms with Gasteiger partial charge in [0.2, 0.25) is 0 Å². The van der Waals surface area contributed by atoms with Gasteiger partial charge < -0.3 is 14.9 Å². The number of aromatic hydroxyl groups is 1. The number of aliphatic carboxylic acids is 1. The number of fused-ring (bicyclic) bond motifs is 1. The van der Waals surface area contributed by atoms with Crippen LogP contribution in [-0.4, -0.2) is 16.2 Å². The maximum atomic E-state index is 11.6. The minimum atomic E-state index is -1.17. The Balaban J connectivity index is 2.20. The number of carboxylic acids is 1. The van der Waals surface area contributed by atoms with Gasteiger partial charge in [-0.05, 0) is 37.6 Å². The van der Waals surface area contributed by atoms with E-state index in [2.05, 4.69) is 0 Å². The second kappa shape index (κ2) is 5.47. The average molecular weight is 310 g/mol. The van der Waals surface area contributed by atoms with Crippen molar-refractivity contribution in [1.29, 1.82) is 0 Å². The molecule has 0 spiro atoms. The predicted octanol–water partition coefficient (Wildman–Crippen LogP) is 3.79. The number of carbonyl (C=O) groups is 1. The number of hydrogen-bond acceptors (Lipinski definition) is 3. The van der Waals surface area contributed by atoms with E-state index in [0.29, 0.717) is 11.3 Å². The van der Waals surface area contributed by atoms with Gasteiger partial charge >= 0.3 is 5.97 Å². The highest BCUT2D eigenvalue weighted by Crippen LogP contribution is 2.44. The van der Waals surface area contributed by atoms with Crippen molar-refractivity contribution >= 4 is 5.97 Å². The van der Waals surface area contributed by atoms with Crippen LogP contribution in [0, 0.1) is 0 Å². The first-order valence-corrected chi connectivity index (χ1v) is 7.40. The molecule has 0 amide bonds. The van der Waals surface area contributed by atoms with Gasteiger partial charge in [-0.1, -0.05) is 30.3 Å². The molecule has 1 aliphatic heterocycles. The molecule has 23 heavy (non-hydrogen) atoms. The van der Waals surface area contributed by atoms with E-state index in [9.17, 15) is 15.0 Å². The molecular weight excluding hydrogens is 292 g/mol. The molecule has 2 N–H and O–H groups in total. The van der Waals surface area contributed by atoms with Gasteiger partial charge in [-0.2, -0.15) is 0 Å². The molecule has 1 aliphatic rings. The van der Waals surface area contributed by atoms with Gasteiger partial charge in [0.1, 0.15) is 11.5 Å². The first kappa shape index (κ1) is 15.2. The molecule has 0 fully saturated rings. The Labute approximate surface area is 134 Å². The summed E-state index contributed by atoms with van der Waals surface area (Å²) in [5.74, 6) is -0.519. The van der Waals surface area contributed by atoms with Crippen molar-refractivity contribution < 1.29 is 19.7 Å². The van der Waals surface area contributed by atoms with E-state index in [1.807, 2.05) is 36.4 Å². The van der Waals surface area contributed by atoms with E-state index in [1.165, 1.54) is 6.07 Å². The lowest BCUT2D eigenvalue weighted by molar-refractivity contribution is -0.142. The van der Waals surface area contributed by atoms with Crippen molar-refractivity contribution in [3.8, 4) is 11.5 Å². The summed E-state index contributed by atoms with van der Waals surface area (Å²) in [4.78, 5) is 11.6. The minimum absolute atomic E-state index is 0.0351. The Bertz CT molecular complexity index is 775. The van der Waals surface area contributed by atoms with Crippen LogP contribution in [0.5, 0.6) is 11.5 Å². The van der Waals surface area contributed by atoms with E-state index in [4.69, 9.17) is 4.74 Å². The summed E-state index contributed by atoms with van der Waals surface area (Å²) < 4.78 is 5.64. The first-order valence-electron chi connectivity index (χ1n) is 7.40. The average Bonchev–Trinajstić information content (AvgIpc) is 2.54. The van der Waals surface area contributed by atoms with Gasteiger partial charge in [-0.15, -0.1) is 0 Å². The Morgan fingerprint density at radius 3 is 2.52 bits per heavy atom. The highest BCUT2D eigenvalue weighted by Gasteiger charge is 2.36. The lowest BCUT2D eigenvalue weighted by Gasteiger charge is -2.28. The van der Waals surface area contributed by atoms with Crippen molar-refractivity contribution in [2.45, 2.75) is 25.2 Å². The summed E-state index contributed by atoms with van der Waals surface area (Å²) in [6.45, 7) is 3.20. The van der Waals surface area contributed by atoms with Crippen molar-refractivity contribution in [3.63, 3.8) is 0 Å². The molecule has 1 atom stereocenters. The minimum Gasteiger partial charge on any atom is -0.508 e. The monoisotopic (exact) mass is 310 g/mol. The normalized spacial score (nSPS) is 16.5. The second-order valence-electron chi connectivity index (χ2n) is 6.18. The van der Waals surface area contributed by atoms with Gasteiger partial charge in [0, 0.05) is 17.0 Å². The maximum absolute atomic E-state index is 11.6. The third kappa shape index (κ3) is 2.57. The summed E-state index contributed by atoms with van der Waals surface area (Å²) >= 11 is 0. The molecule has 0 radical (unpaired) electrons. The number of allylic oxidation sites excluding steroid dienone is 1. The molecule has 118 valence electrons. The third-order valence-corrected chi connectivity index (χ3v) is 4.26. The molecule has 0 aromatic heterocycles. The zero-order chi connectivity index (χ0) is 16.6. The third-order valence-electron chi connectivity index (χ3n) is 4.26. The van der Waals surface area contributed by atoms with Crippen LogP contribution in [0.4, 0.5) is 0 Å². The molecule has 0 aliphatic carbocycles.